The van der Waals surface area contributed by atoms with E-state index in [1.807, 2.05) is 0 Å². The molecule has 0 unspecified atom stereocenters. The molecule has 0 aliphatic carbocycles. The van der Waals surface area contributed by atoms with E-state index in [2.05, 4.69) is 34.0 Å². The van der Waals surface area contributed by atoms with Crippen molar-refractivity contribution >= 4 is 5.95 Å². The fraction of sp³-hybridized carbons (Fsp3) is 0.474. The Hall–Kier alpha value is -2.15. The number of hydrogen-bond donors (Lipinski definition) is 1. The van der Waals surface area contributed by atoms with Crippen LogP contribution in [0.3, 0.4) is 0 Å². The molecule has 1 saturated heterocycles. The Balaban J connectivity index is 1.72. The average molecular weight is 364 g/mol. The Morgan fingerprint density at radius 1 is 1.15 bits per heavy atom. The molecular formula is C19H23F3N4. The molecule has 0 radical (unpaired) electrons. The number of likely N-dealkylation sites (tertiary alicyclic amines) is 1. The molecule has 1 N–H and O–H groups in total. The van der Waals surface area contributed by atoms with Gasteiger partial charge in [-0.15, -0.1) is 0 Å². The lowest BCUT2D eigenvalue weighted by atomic mass is 10.0. The lowest BCUT2D eigenvalue weighted by molar-refractivity contribution is -0.137. The second-order valence-electron chi connectivity index (χ2n) is 6.91. The molecule has 3 rings (SSSR count). The van der Waals surface area contributed by atoms with Crippen LogP contribution >= 0.6 is 0 Å². The molecule has 0 saturated carbocycles. The molecule has 4 nitrogen and oxygen atoms in total. The Kier molecular flexibility index (Phi) is 5.46. The van der Waals surface area contributed by atoms with Gasteiger partial charge in [0.25, 0.3) is 0 Å². The number of nitrogens with one attached hydrogen (secondary N) is 1. The van der Waals surface area contributed by atoms with E-state index in [1.165, 1.54) is 12.1 Å². The quantitative estimate of drug-likeness (QED) is 0.870. The van der Waals surface area contributed by atoms with E-state index in [0.717, 1.165) is 38.1 Å². The van der Waals surface area contributed by atoms with E-state index < -0.39 is 11.7 Å². The minimum absolute atomic E-state index is 0.272. The normalized spacial score (nSPS) is 18.9. The van der Waals surface area contributed by atoms with E-state index in [4.69, 9.17) is 0 Å². The number of alkyl halides is 3. The minimum Gasteiger partial charge on any atom is -0.350 e. The molecule has 140 valence electrons. The lowest BCUT2D eigenvalue weighted by Crippen LogP contribution is -2.45. The number of hydrogen-bond acceptors (Lipinski definition) is 4. The van der Waals surface area contributed by atoms with Gasteiger partial charge in [0.2, 0.25) is 5.95 Å². The molecule has 0 amide bonds. The molecule has 1 atom stereocenters. The number of nitrogens with zero attached hydrogens (tertiary/aromatic N) is 3. The summed E-state index contributed by atoms with van der Waals surface area (Å²) in [5.41, 5.74) is 0.577. The van der Waals surface area contributed by atoms with Gasteiger partial charge in [0.15, 0.2) is 0 Å². The van der Waals surface area contributed by atoms with E-state index in [0.29, 0.717) is 23.2 Å². The predicted octanol–water partition coefficient (Wildman–Crippen LogP) is 4.45. The van der Waals surface area contributed by atoms with Gasteiger partial charge in [-0.05, 0) is 51.4 Å². The third kappa shape index (κ3) is 4.52. The zero-order valence-corrected chi connectivity index (χ0v) is 14.9. The van der Waals surface area contributed by atoms with Gasteiger partial charge < -0.3 is 5.32 Å². The van der Waals surface area contributed by atoms with E-state index in [9.17, 15) is 13.2 Å². The number of piperidine rings is 1. The molecule has 26 heavy (non-hydrogen) atoms. The fourth-order valence-electron chi connectivity index (χ4n) is 3.19. The summed E-state index contributed by atoms with van der Waals surface area (Å²) in [4.78, 5) is 11.2. The van der Waals surface area contributed by atoms with E-state index >= 15 is 0 Å². The van der Waals surface area contributed by atoms with Crippen LogP contribution in [0.2, 0.25) is 0 Å². The smallest absolute Gasteiger partial charge is 0.350 e. The molecule has 1 aliphatic heterocycles. The van der Waals surface area contributed by atoms with Crippen molar-refractivity contribution in [3.8, 4) is 11.3 Å². The number of benzene rings is 1. The van der Waals surface area contributed by atoms with Crippen molar-refractivity contribution in [1.29, 1.82) is 0 Å². The van der Waals surface area contributed by atoms with Gasteiger partial charge in [0, 0.05) is 30.4 Å². The van der Waals surface area contributed by atoms with Gasteiger partial charge in [0.1, 0.15) is 0 Å². The highest BCUT2D eigenvalue weighted by atomic mass is 19.4. The highest BCUT2D eigenvalue weighted by molar-refractivity contribution is 5.60. The molecule has 0 spiro atoms. The predicted molar refractivity (Wildman–Crippen MR) is 95.8 cm³/mol. The number of aromatic nitrogens is 2. The van der Waals surface area contributed by atoms with Crippen LogP contribution < -0.4 is 5.32 Å². The summed E-state index contributed by atoms with van der Waals surface area (Å²) in [6.07, 6.45) is -0.531. The molecule has 1 aromatic heterocycles. The van der Waals surface area contributed by atoms with Crippen molar-refractivity contribution in [2.75, 3.05) is 18.4 Å². The van der Waals surface area contributed by atoms with Gasteiger partial charge in [-0.3, -0.25) is 4.90 Å². The molecule has 2 aromatic rings. The van der Waals surface area contributed by atoms with Gasteiger partial charge in [-0.2, -0.15) is 13.2 Å². The maximum absolute atomic E-state index is 12.7. The highest BCUT2D eigenvalue weighted by Gasteiger charge is 2.30. The first kappa shape index (κ1) is 18.6. The van der Waals surface area contributed by atoms with Crippen LogP contribution in [0.15, 0.2) is 36.5 Å². The van der Waals surface area contributed by atoms with Crippen molar-refractivity contribution in [2.45, 2.75) is 44.9 Å². The van der Waals surface area contributed by atoms with Crippen LogP contribution in [-0.2, 0) is 6.18 Å². The SMILES string of the molecule is CC(C)N1CCC[C@H](Nc2nccc(-c3ccc(C(F)(F)F)cc3)n2)C1. The summed E-state index contributed by atoms with van der Waals surface area (Å²) >= 11 is 0. The largest absolute Gasteiger partial charge is 0.416 e. The molecule has 0 bridgehead atoms. The average Bonchev–Trinajstić information content (AvgIpc) is 2.61. The molecule has 1 fully saturated rings. The first-order valence-corrected chi connectivity index (χ1v) is 8.84. The zero-order valence-electron chi connectivity index (χ0n) is 14.9. The fourth-order valence-corrected chi connectivity index (χ4v) is 3.19. The Bertz CT molecular complexity index is 728. The third-order valence-electron chi connectivity index (χ3n) is 4.68. The van der Waals surface area contributed by atoms with Gasteiger partial charge in [-0.25, -0.2) is 9.97 Å². The molecule has 2 heterocycles. The number of rotatable bonds is 4. The first-order chi connectivity index (χ1) is 12.3. The first-order valence-electron chi connectivity index (χ1n) is 8.84. The third-order valence-corrected chi connectivity index (χ3v) is 4.68. The second-order valence-corrected chi connectivity index (χ2v) is 6.91. The second kappa shape index (κ2) is 7.61. The van der Waals surface area contributed by atoms with Gasteiger partial charge in [-0.1, -0.05) is 12.1 Å². The maximum atomic E-state index is 12.7. The van der Waals surface area contributed by atoms with Crippen molar-refractivity contribution in [1.82, 2.24) is 14.9 Å². The van der Waals surface area contributed by atoms with Gasteiger partial charge >= 0.3 is 6.18 Å². The van der Waals surface area contributed by atoms with Crippen LogP contribution in [0.25, 0.3) is 11.3 Å². The summed E-state index contributed by atoms with van der Waals surface area (Å²) in [5.74, 6) is 0.512. The van der Waals surface area contributed by atoms with Crippen molar-refractivity contribution in [3.05, 3.63) is 42.1 Å². The Morgan fingerprint density at radius 2 is 1.88 bits per heavy atom. The summed E-state index contributed by atoms with van der Waals surface area (Å²) in [6.45, 7) is 6.40. The van der Waals surface area contributed by atoms with E-state index in [-0.39, 0.29) is 6.04 Å². The maximum Gasteiger partial charge on any atom is 0.416 e. The van der Waals surface area contributed by atoms with Gasteiger partial charge in [0.05, 0.1) is 11.3 Å². The summed E-state index contributed by atoms with van der Waals surface area (Å²) in [7, 11) is 0. The lowest BCUT2D eigenvalue weighted by Gasteiger charge is -2.35. The number of halogens is 3. The highest BCUT2D eigenvalue weighted by Crippen LogP contribution is 2.30. The van der Waals surface area contributed by atoms with Crippen molar-refractivity contribution in [2.24, 2.45) is 0 Å². The van der Waals surface area contributed by atoms with E-state index in [1.54, 1.807) is 12.3 Å². The Labute approximate surface area is 151 Å². The summed E-state index contributed by atoms with van der Waals surface area (Å²) < 4.78 is 38.1. The monoisotopic (exact) mass is 364 g/mol. The van der Waals surface area contributed by atoms with Crippen LogP contribution in [0.4, 0.5) is 19.1 Å². The Morgan fingerprint density at radius 3 is 2.54 bits per heavy atom. The van der Waals surface area contributed by atoms with Crippen LogP contribution in [0.1, 0.15) is 32.3 Å². The summed E-state index contributed by atoms with van der Waals surface area (Å²) in [5, 5.41) is 3.37. The molecule has 7 heteroatoms. The molecule has 1 aliphatic rings. The van der Waals surface area contributed by atoms with Crippen LogP contribution in [0, 0.1) is 0 Å². The number of anilines is 1. The summed E-state index contributed by atoms with van der Waals surface area (Å²) in [6, 6.07) is 7.51. The van der Waals surface area contributed by atoms with Crippen molar-refractivity contribution < 1.29 is 13.2 Å². The van der Waals surface area contributed by atoms with Crippen molar-refractivity contribution in [3.63, 3.8) is 0 Å². The standard InChI is InChI=1S/C19H23F3N4/c1-13(2)26-11-3-4-16(12-26)24-18-23-10-9-17(25-18)14-5-7-15(8-6-14)19(20,21)22/h5-10,13,16H,3-4,11-12H2,1-2H3,(H,23,24,25)/t16-/m0/s1. The van der Waals surface area contributed by atoms with Crippen LogP contribution in [0.5, 0.6) is 0 Å². The molecular weight excluding hydrogens is 341 g/mol. The van der Waals surface area contributed by atoms with Crippen LogP contribution in [-0.4, -0.2) is 40.0 Å². The topological polar surface area (TPSA) is 41.0 Å². The zero-order chi connectivity index (χ0) is 18.7. The molecule has 1 aromatic carbocycles. The minimum atomic E-state index is -4.33.